The van der Waals surface area contributed by atoms with Crippen molar-refractivity contribution in [2.45, 2.75) is 93.6 Å². The Morgan fingerprint density at radius 1 is 1.29 bits per heavy atom. The molecule has 1 aliphatic carbocycles. The van der Waals surface area contributed by atoms with Gasteiger partial charge >= 0.3 is 5.97 Å². The van der Waals surface area contributed by atoms with Crippen molar-refractivity contribution in [1.82, 2.24) is 0 Å². The number of aromatic hydroxyl groups is 1. The number of ether oxygens (including phenoxy) is 1. The van der Waals surface area contributed by atoms with Crippen LogP contribution in [0, 0.1) is 5.92 Å². The molecule has 0 spiro atoms. The second-order valence-corrected chi connectivity index (χ2v) is 7.97. The molecule has 4 nitrogen and oxygen atoms in total. The van der Waals surface area contributed by atoms with Crippen LogP contribution in [0.4, 0.5) is 0 Å². The predicted molar refractivity (Wildman–Crippen MR) is 118 cm³/mol. The van der Waals surface area contributed by atoms with E-state index in [9.17, 15) is 15.0 Å². The minimum absolute atomic E-state index is 0. The molecule has 0 amide bonds. The molecule has 28 heavy (non-hydrogen) atoms. The highest BCUT2D eigenvalue weighted by molar-refractivity contribution is 5.94. The van der Waals surface area contributed by atoms with E-state index < -0.39 is 5.97 Å². The smallest absolute Gasteiger partial charge is 0.339 e. The topological polar surface area (TPSA) is 66.8 Å². The molecular formula is C24H40O4. The first-order valence-corrected chi connectivity index (χ1v) is 9.24. The number of carbonyl (C=O) groups is 1. The van der Waals surface area contributed by atoms with E-state index in [1.807, 2.05) is 6.07 Å². The van der Waals surface area contributed by atoms with Gasteiger partial charge in [-0.15, -0.1) is 0 Å². The molecule has 1 aliphatic heterocycles. The summed E-state index contributed by atoms with van der Waals surface area (Å²) in [6.45, 7) is 8.35. The van der Waals surface area contributed by atoms with Gasteiger partial charge in [0.25, 0.3) is 0 Å². The lowest BCUT2D eigenvalue weighted by Crippen LogP contribution is -2.45. The lowest BCUT2D eigenvalue weighted by atomic mass is 9.67. The van der Waals surface area contributed by atoms with Crippen molar-refractivity contribution in [3.63, 3.8) is 0 Å². The number of allylic oxidation sites excluding steroid dienone is 2. The summed E-state index contributed by atoms with van der Waals surface area (Å²) in [7, 11) is 0. The lowest BCUT2D eigenvalue weighted by molar-refractivity contribution is 0.0106. The van der Waals surface area contributed by atoms with E-state index in [-0.39, 0.29) is 51.0 Å². The Labute approximate surface area is 171 Å². The van der Waals surface area contributed by atoms with Gasteiger partial charge in [-0.3, -0.25) is 0 Å². The van der Waals surface area contributed by atoms with Gasteiger partial charge in [-0.25, -0.2) is 4.79 Å². The van der Waals surface area contributed by atoms with Crippen molar-refractivity contribution in [1.29, 1.82) is 0 Å². The fraction of sp³-hybridized carbons (Fsp3) is 0.625. The number of aromatic carboxylic acids is 1. The molecule has 2 atom stereocenters. The van der Waals surface area contributed by atoms with Crippen LogP contribution in [-0.4, -0.2) is 21.8 Å². The second kappa shape index (κ2) is 9.49. The Hall–Kier alpha value is -1.97. The lowest BCUT2D eigenvalue weighted by Gasteiger charge is -2.46. The molecule has 2 unspecified atom stereocenters. The normalized spacial score (nSPS) is 21.4. The largest absolute Gasteiger partial charge is 0.507 e. The standard InChI is InChI=1S/C21H28O4.3CH4/c1-5-6-7-13-11-16-18(19(22)17(13)20(23)24)14-10-12(2)8-9-15(14)21(3,4)25-16;;;/h10-11,14-15,22H,5-9H2,1-4H3,(H,23,24);3*1H4. The van der Waals surface area contributed by atoms with Crippen LogP contribution in [0.3, 0.4) is 0 Å². The highest BCUT2D eigenvalue weighted by atomic mass is 16.5. The Kier molecular flexibility index (Phi) is 8.82. The van der Waals surface area contributed by atoms with Gasteiger partial charge in [-0.05, 0) is 58.1 Å². The van der Waals surface area contributed by atoms with Crippen molar-refractivity contribution >= 4 is 5.97 Å². The molecule has 2 aliphatic rings. The molecule has 0 aromatic heterocycles. The summed E-state index contributed by atoms with van der Waals surface area (Å²) in [5.74, 6) is -0.286. The predicted octanol–water partition coefficient (Wildman–Crippen LogP) is 6.95. The quantitative estimate of drug-likeness (QED) is 0.544. The van der Waals surface area contributed by atoms with E-state index in [4.69, 9.17) is 4.74 Å². The highest BCUT2D eigenvalue weighted by Gasteiger charge is 2.46. The number of aryl methyl sites for hydroxylation is 1. The Morgan fingerprint density at radius 2 is 1.93 bits per heavy atom. The molecule has 0 saturated heterocycles. The average Bonchev–Trinajstić information content (AvgIpc) is 2.51. The van der Waals surface area contributed by atoms with Crippen LogP contribution in [0.15, 0.2) is 17.7 Å². The van der Waals surface area contributed by atoms with Crippen LogP contribution in [0.25, 0.3) is 0 Å². The van der Waals surface area contributed by atoms with Gasteiger partial charge in [0.2, 0.25) is 0 Å². The summed E-state index contributed by atoms with van der Waals surface area (Å²) >= 11 is 0. The highest BCUT2D eigenvalue weighted by Crippen LogP contribution is 2.54. The number of phenols is 1. The maximum atomic E-state index is 11.8. The number of rotatable bonds is 4. The average molecular weight is 393 g/mol. The molecule has 0 radical (unpaired) electrons. The Bertz CT molecular complexity index is 731. The third-order valence-electron chi connectivity index (χ3n) is 5.74. The summed E-state index contributed by atoms with van der Waals surface area (Å²) in [4.78, 5) is 11.8. The minimum Gasteiger partial charge on any atom is -0.507 e. The van der Waals surface area contributed by atoms with E-state index in [2.05, 4.69) is 33.8 Å². The molecule has 1 aromatic rings. The summed E-state index contributed by atoms with van der Waals surface area (Å²) in [6.07, 6.45) is 6.67. The zero-order valence-corrected chi connectivity index (χ0v) is 15.6. The second-order valence-electron chi connectivity index (χ2n) is 7.97. The number of benzene rings is 1. The maximum Gasteiger partial charge on any atom is 0.339 e. The molecule has 0 saturated carbocycles. The molecule has 160 valence electrons. The van der Waals surface area contributed by atoms with Gasteiger partial charge in [0, 0.05) is 17.4 Å². The third kappa shape index (κ3) is 4.37. The van der Waals surface area contributed by atoms with E-state index in [1.54, 1.807) is 0 Å². The summed E-state index contributed by atoms with van der Waals surface area (Å²) in [5, 5.41) is 20.6. The van der Waals surface area contributed by atoms with Crippen LogP contribution in [0.1, 0.15) is 103 Å². The van der Waals surface area contributed by atoms with Crippen molar-refractivity contribution in [2.75, 3.05) is 0 Å². The number of unbranched alkanes of at least 4 members (excludes halogenated alkanes) is 1. The molecule has 3 rings (SSSR count). The molecule has 1 aromatic carbocycles. The maximum absolute atomic E-state index is 11.8. The first-order valence-electron chi connectivity index (χ1n) is 9.24. The van der Waals surface area contributed by atoms with E-state index >= 15 is 0 Å². The number of hydrogen-bond acceptors (Lipinski definition) is 3. The van der Waals surface area contributed by atoms with Gasteiger partial charge in [-0.2, -0.15) is 0 Å². The van der Waals surface area contributed by atoms with E-state index in [1.165, 1.54) is 5.57 Å². The van der Waals surface area contributed by atoms with Crippen LogP contribution in [0.2, 0.25) is 0 Å². The van der Waals surface area contributed by atoms with Gasteiger partial charge in [0.1, 0.15) is 22.7 Å². The van der Waals surface area contributed by atoms with Crippen LogP contribution >= 0.6 is 0 Å². The van der Waals surface area contributed by atoms with Crippen molar-refractivity contribution in [2.24, 2.45) is 5.92 Å². The molecule has 2 N–H and O–H groups in total. The minimum atomic E-state index is -1.07. The number of hydrogen-bond donors (Lipinski definition) is 2. The molecular weight excluding hydrogens is 352 g/mol. The van der Waals surface area contributed by atoms with Crippen LogP contribution < -0.4 is 4.74 Å². The molecule has 0 fully saturated rings. The first-order chi connectivity index (χ1) is 11.8. The van der Waals surface area contributed by atoms with Gasteiger partial charge in [0.15, 0.2) is 0 Å². The number of carboxylic acid groups (broad SMARTS) is 1. The Morgan fingerprint density at radius 3 is 2.50 bits per heavy atom. The zero-order valence-electron chi connectivity index (χ0n) is 15.6. The van der Waals surface area contributed by atoms with Crippen LogP contribution in [0.5, 0.6) is 11.5 Å². The van der Waals surface area contributed by atoms with Crippen LogP contribution in [-0.2, 0) is 6.42 Å². The Balaban J connectivity index is 0.00000243. The summed E-state index contributed by atoms with van der Waals surface area (Å²) < 4.78 is 6.28. The fourth-order valence-corrected chi connectivity index (χ4v) is 4.41. The van der Waals surface area contributed by atoms with Crippen molar-refractivity contribution in [3.8, 4) is 11.5 Å². The number of fused-ring (bicyclic) bond motifs is 3. The molecule has 0 bridgehead atoms. The summed E-state index contributed by atoms with van der Waals surface area (Å²) in [5.41, 5.74) is 2.31. The van der Waals surface area contributed by atoms with E-state index in [0.717, 1.165) is 25.7 Å². The SMILES string of the molecule is C.C.C.CCCCc1cc2c(c(O)c1C(=O)O)C1C=C(C)CCC1C(C)(C)O2. The summed E-state index contributed by atoms with van der Waals surface area (Å²) in [6, 6.07) is 1.85. The van der Waals surface area contributed by atoms with Gasteiger partial charge in [-0.1, -0.05) is 47.3 Å². The first kappa shape index (κ1) is 26.0. The number of carboxylic acids is 1. The van der Waals surface area contributed by atoms with E-state index in [0.29, 0.717) is 23.3 Å². The monoisotopic (exact) mass is 392 g/mol. The van der Waals surface area contributed by atoms with Crippen molar-refractivity contribution < 1.29 is 19.7 Å². The molecule has 4 heteroatoms. The zero-order chi connectivity index (χ0) is 18.4. The van der Waals surface area contributed by atoms with Gasteiger partial charge < -0.3 is 14.9 Å². The molecule has 1 heterocycles. The van der Waals surface area contributed by atoms with Gasteiger partial charge in [0.05, 0.1) is 0 Å². The van der Waals surface area contributed by atoms with Crippen molar-refractivity contribution in [3.05, 3.63) is 34.4 Å². The fourth-order valence-electron chi connectivity index (χ4n) is 4.41. The third-order valence-corrected chi connectivity index (χ3v) is 5.74.